The van der Waals surface area contributed by atoms with Crippen molar-refractivity contribution in [3.05, 3.63) is 54.4 Å². The highest BCUT2D eigenvalue weighted by Crippen LogP contribution is 2.21. The number of benzene rings is 1. The minimum Gasteiger partial charge on any atom is -0.377 e. The van der Waals surface area contributed by atoms with Gasteiger partial charge in [-0.05, 0) is 36.8 Å². The summed E-state index contributed by atoms with van der Waals surface area (Å²) in [6, 6.07) is 10.8. The van der Waals surface area contributed by atoms with Crippen molar-refractivity contribution in [2.24, 2.45) is 0 Å². The van der Waals surface area contributed by atoms with Crippen molar-refractivity contribution < 1.29 is 8.42 Å². The van der Waals surface area contributed by atoms with Gasteiger partial charge in [0.1, 0.15) is 0 Å². The average molecular weight is 305 g/mol. The maximum atomic E-state index is 12.0. The van der Waals surface area contributed by atoms with Crippen LogP contribution in [0.2, 0.25) is 0 Å². The van der Waals surface area contributed by atoms with Gasteiger partial charge in [0, 0.05) is 32.5 Å². The predicted molar refractivity (Wildman–Crippen MR) is 83.6 cm³/mol. The lowest BCUT2D eigenvalue weighted by atomic mass is 10.1. The van der Waals surface area contributed by atoms with E-state index in [0.29, 0.717) is 4.90 Å². The second-order valence-corrected chi connectivity index (χ2v) is 7.12. The highest BCUT2D eigenvalue weighted by Gasteiger charge is 2.17. The van der Waals surface area contributed by atoms with Gasteiger partial charge in [-0.1, -0.05) is 12.1 Å². The fourth-order valence-corrected chi connectivity index (χ4v) is 2.82. The molecule has 0 saturated heterocycles. The summed E-state index contributed by atoms with van der Waals surface area (Å²) in [5, 5.41) is 3.32. The highest BCUT2D eigenvalue weighted by atomic mass is 32.2. The molecule has 0 spiro atoms. The van der Waals surface area contributed by atoms with Crippen LogP contribution in [-0.2, 0) is 10.0 Å². The smallest absolute Gasteiger partial charge is 0.242 e. The van der Waals surface area contributed by atoms with Gasteiger partial charge >= 0.3 is 0 Å². The minimum atomic E-state index is -3.38. The van der Waals surface area contributed by atoms with Crippen molar-refractivity contribution in [1.29, 1.82) is 0 Å². The van der Waals surface area contributed by atoms with E-state index in [0.717, 1.165) is 11.3 Å². The summed E-state index contributed by atoms with van der Waals surface area (Å²) >= 11 is 0. The number of anilines is 1. The molecule has 1 unspecified atom stereocenters. The topological polar surface area (TPSA) is 62.3 Å². The third kappa shape index (κ3) is 3.59. The van der Waals surface area contributed by atoms with Crippen LogP contribution in [-0.4, -0.2) is 31.8 Å². The van der Waals surface area contributed by atoms with Crippen LogP contribution in [0.4, 0.5) is 5.69 Å². The maximum Gasteiger partial charge on any atom is 0.242 e. The van der Waals surface area contributed by atoms with Crippen molar-refractivity contribution in [1.82, 2.24) is 9.29 Å². The molecule has 0 bridgehead atoms. The van der Waals surface area contributed by atoms with Gasteiger partial charge in [-0.2, -0.15) is 0 Å². The van der Waals surface area contributed by atoms with Crippen molar-refractivity contribution in [3.63, 3.8) is 0 Å². The Bertz CT molecular complexity index is 683. The molecule has 2 aromatic rings. The zero-order chi connectivity index (χ0) is 15.5. The molecule has 0 amide bonds. The SMILES string of the molecule is CC(Nc1cccnc1)c1ccc(S(=O)(=O)N(C)C)cc1. The number of rotatable bonds is 5. The number of pyridine rings is 1. The first kappa shape index (κ1) is 15.5. The van der Waals surface area contributed by atoms with Gasteiger partial charge in [-0.25, -0.2) is 12.7 Å². The van der Waals surface area contributed by atoms with Gasteiger partial charge in [0.15, 0.2) is 0 Å². The Balaban J connectivity index is 2.16. The number of nitrogens with one attached hydrogen (secondary N) is 1. The molecule has 21 heavy (non-hydrogen) atoms. The van der Waals surface area contributed by atoms with Crippen molar-refractivity contribution >= 4 is 15.7 Å². The second-order valence-electron chi connectivity index (χ2n) is 4.96. The summed E-state index contributed by atoms with van der Waals surface area (Å²) < 4.78 is 25.2. The lowest BCUT2D eigenvalue weighted by Crippen LogP contribution is -2.22. The Morgan fingerprint density at radius 3 is 2.33 bits per heavy atom. The molecule has 1 aromatic heterocycles. The van der Waals surface area contributed by atoms with E-state index in [1.807, 2.05) is 31.2 Å². The molecule has 0 aliphatic rings. The van der Waals surface area contributed by atoms with Crippen LogP contribution < -0.4 is 5.32 Å². The molecule has 2 rings (SSSR count). The van der Waals surface area contributed by atoms with E-state index in [2.05, 4.69) is 10.3 Å². The first-order valence-corrected chi connectivity index (χ1v) is 8.04. The molecule has 1 aromatic carbocycles. The van der Waals surface area contributed by atoms with Crippen LogP contribution in [0.5, 0.6) is 0 Å². The molecule has 112 valence electrons. The normalized spacial score (nSPS) is 13.1. The Hall–Kier alpha value is -1.92. The number of hydrogen-bond acceptors (Lipinski definition) is 4. The van der Waals surface area contributed by atoms with E-state index in [4.69, 9.17) is 0 Å². The molecule has 0 aliphatic heterocycles. The number of aromatic nitrogens is 1. The lowest BCUT2D eigenvalue weighted by molar-refractivity contribution is 0.520. The van der Waals surface area contributed by atoms with E-state index < -0.39 is 10.0 Å². The quantitative estimate of drug-likeness (QED) is 0.922. The standard InChI is InChI=1S/C15H19N3O2S/c1-12(17-14-5-4-10-16-11-14)13-6-8-15(9-7-13)21(19,20)18(2)3/h4-12,17H,1-3H3. The number of sulfonamides is 1. The van der Waals surface area contributed by atoms with Crippen LogP contribution in [0.3, 0.4) is 0 Å². The molecular weight excluding hydrogens is 286 g/mol. The van der Waals surface area contributed by atoms with E-state index in [1.165, 1.54) is 18.4 Å². The molecule has 0 fully saturated rings. The molecule has 0 aliphatic carbocycles. The van der Waals surface area contributed by atoms with E-state index >= 15 is 0 Å². The fraction of sp³-hybridized carbons (Fsp3) is 0.267. The molecule has 1 heterocycles. The molecule has 0 radical (unpaired) electrons. The number of hydrogen-bond donors (Lipinski definition) is 1. The molecule has 1 N–H and O–H groups in total. The Kier molecular flexibility index (Phi) is 4.59. The van der Waals surface area contributed by atoms with Gasteiger partial charge in [-0.15, -0.1) is 0 Å². The number of nitrogens with zero attached hydrogens (tertiary/aromatic N) is 2. The zero-order valence-electron chi connectivity index (χ0n) is 12.3. The van der Waals surface area contributed by atoms with Gasteiger partial charge in [0.05, 0.1) is 10.6 Å². The molecular formula is C15H19N3O2S. The molecule has 0 saturated carbocycles. The summed E-state index contributed by atoms with van der Waals surface area (Å²) in [6.45, 7) is 2.02. The first-order valence-electron chi connectivity index (χ1n) is 6.60. The monoisotopic (exact) mass is 305 g/mol. The van der Waals surface area contributed by atoms with Crippen LogP contribution in [0.1, 0.15) is 18.5 Å². The molecule has 6 heteroatoms. The van der Waals surface area contributed by atoms with Crippen LogP contribution in [0.25, 0.3) is 0 Å². The van der Waals surface area contributed by atoms with E-state index in [1.54, 1.807) is 24.5 Å². The highest BCUT2D eigenvalue weighted by molar-refractivity contribution is 7.89. The zero-order valence-corrected chi connectivity index (χ0v) is 13.1. The molecule has 5 nitrogen and oxygen atoms in total. The lowest BCUT2D eigenvalue weighted by Gasteiger charge is -2.16. The van der Waals surface area contributed by atoms with Crippen LogP contribution in [0, 0.1) is 0 Å². The first-order chi connectivity index (χ1) is 9.91. The predicted octanol–water partition coefficient (Wildman–Crippen LogP) is 2.51. The second kappa shape index (κ2) is 6.24. The van der Waals surface area contributed by atoms with Crippen molar-refractivity contribution in [2.45, 2.75) is 17.9 Å². The van der Waals surface area contributed by atoms with Crippen molar-refractivity contribution in [3.8, 4) is 0 Å². The summed E-state index contributed by atoms with van der Waals surface area (Å²) in [4.78, 5) is 4.35. The van der Waals surface area contributed by atoms with E-state index in [9.17, 15) is 8.42 Å². The van der Waals surface area contributed by atoms with E-state index in [-0.39, 0.29) is 6.04 Å². The van der Waals surface area contributed by atoms with Gasteiger partial charge in [-0.3, -0.25) is 4.98 Å². The third-order valence-electron chi connectivity index (χ3n) is 3.20. The molecule has 1 atom stereocenters. The Labute approximate surface area is 125 Å². The Morgan fingerprint density at radius 1 is 1.14 bits per heavy atom. The van der Waals surface area contributed by atoms with Gasteiger partial charge < -0.3 is 5.32 Å². The average Bonchev–Trinajstić information content (AvgIpc) is 2.48. The van der Waals surface area contributed by atoms with Gasteiger partial charge in [0.25, 0.3) is 0 Å². The minimum absolute atomic E-state index is 0.0605. The summed E-state index contributed by atoms with van der Waals surface area (Å²) in [6.07, 6.45) is 3.47. The van der Waals surface area contributed by atoms with Gasteiger partial charge in [0.2, 0.25) is 10.0 Å². The maximum absolute atomic E-state index is 12.0. The summed E-state index contributed by atoms with van der Waals surface area (Å²) in [5.74, 6) is 0. The van der Waals surface area contributed by atoms with Crippen molar-refractivity contribution in [2.75, 3.05) is 19.4 Å². The fourth-order valence-electron chi connectivity index (χ4n) is 1.92. The van der Waals surface area contributed by atoms with Crippen LogP contribution in [0.15, 0.2) is 53.7 Å². The summed E-state index contributed by atoms with van der Waals surface area (Å²) in [5.41, 5.74) is 1.94. The largest absolute Gasteiger partial charge is 0.377 e. The Morgan fingerprint density at radius 2 is 1.81 bits per heavy atom. The third-order valence-corrected chi connectivity index (χ3v) is 5.03. The van der Waals surface area contributed by atoms with Crippen LogP contribution >= 0.6 is 0 Å². The summed E-state index contributed by atoms with van der Waals surface area (Å²) in [7, 11) is -0.328.